The monoisotopic (exact) mass is 507 g/mol. The average Bonchev–Trinajstić information content (AvgIpc) is 2.84. The molecule has 0 unspecified atom stereocenters. The van der Waals surface area contributed by atoms with Gasteiger partial charge in [0.1, 0.15) is 12.2 Å². The maximum Gasteiger partial charge on any atom is 0.193 e. The number of carbonyl (C=O) groups excluding carboxylic acids is 1. The Kier molecular flexibility index (Phi) is 7.63. The lowest BCUT2D eigenvalue weighted by atomic mass is 9.80. The highest BCUT2D eigenvalue weighted by molar-refractivity contribution is 6.74. The Balaban J connectivity index is 1.96. The summed E-state index contributed by atoms with van der Waals surface area (Å²) in [5.41, 5.74) is 3.36. The first-order valence-corrected chi connectivity index (χ1v) is 16.0. The van der Waals surface area contributed by atoms with Gasteiger partial charge in [-0.25, -0.2) is 0 Å². The first-order chi connectivity index (χ1) is 16.9. The van der Waals surface area contributed by atoms with Crippen LogP contribution in [0.5, 0.6) is 0 Å². The molecule has 1 aliphatic carbocycles. The van der Waals surface area contributed by atoms with Crippen LogP contribution in [-0.4, -0.2) is 47.5 Å². The molecule has 0 radical (unpaired) electrons. The molecule has 2 aromatic rings. The lowest BCUT2D eigenvalue weighted by Crippen LogP contribution is -2.56. The van der Waals surface area contributed by atoms with Gasteiger partial charge in [0.05, 0.1) is 18.2 Å². The fourth-order valence-electron chi connectivity index (χ4n) is 5.30. The number of hydrogen-bond donors (Lipinski definition) is 2. The number of Topliss-reactive ketones (excluding diaryl/α,β-unsaturated/α-hetero) is 1. The normalized spacial score (nSPS) is 24.9. The van der Waals surface area contributed by atoms with Gasteiger partial charge in [0.15, 0.2) is 14.1 Å². The molecule has 0 bridgehead atoms. The van der Waals surface area contributed by atoms with Gasteiger partial charge in [0.25, 0.3) is 0 Å². The van der Waals surface area contributed by atoms with Crippen LogP contribution in [0.2, 0.25) is 18.1 Å². The lowest BCUT2D eigenvalue weighted by molar-refractivity contribution is -0.121. The van der Waals surface area contributed by atoms with Crippen molar-refractivity contribution in [3.63, 3.8) is 0 Å². The Hall–Kier alpha value is -2.25. The van der Waals surface area contributed by atoms with Gasteiger partial charge in [0, 0.05) is 17.7 Å². The van der Waals surface area contributed by atoms with Crippen LogP contribution >= 0.6 is 0 Å². The van der Waals surface area contributed by atoms with E-state index in [-0.39, 0.29) is 23.0 Å². The summed E-state index contributed by atoms with van der Waals surface area (Å²) in [6.45, 7) is 13.2. The Morgan fingerprint density at radius 1 is 0.944 bits per heavy atom. The summed E-state index contributed by atoms with van der Waals surface area (Å²) in [7, 11) is -2.24. The van der Waals surface area contributed by atoms with Crippen LogP contribution in [0.4, 0.5) is 0 Å². The summed E-state index contributed by atoms with van der Waals surface area (Å²) in [5, 5.41) is 22.1. The highest BCUT2D eigenvalue weighted by Gasteiger charge is 2.49. The van der Waals surface area contributed by atoms with Gasteiger partial charge in [-0.05, 0) is 49.0 Å². The number of allylic oxidation sites excluding steroid dienone is 1. The van der Waals surface area contributed by atoms with E-state index >= 15 is 0 Å². The van der Waals surface area contributed by atoms with E-state index in [9.17, 15) is 15.0 Å². The van der Waals surface area contributed by atoms with Crippen molar-refractivity contribution in [2.24, 2.45) is 0 Å². The van der Waals surface area contributed by atoms with E-state index in [0.29, 0.717) is 18.4 Å². The molecule has 2 aliphatic rings. The first kappa shape index (κ1) is 26.8. The van der Waals surface area contributed by atoms with Crippen LogP contribution in [0.25, 0.3) is 0 Å². The van der Waals surface area contributed by atoms with Gasteiger partial charge in [-0.15, -0.1) is 0 Å². The topological polar surface area (TPSA) is 70.0 Å². The summed E-state index contributed by atoms with van der Waals surface area (Å²) in [6, 6.07) is 19.9. The molecular weight excluding hydrogens is 466 g/mol. The molecule has 6 heteroatoms. The lowest BCUT2D eigenvalue weighted by Gasteiger charge is -2.52. The molecule has 0 saturated carbocycles. The highest BCUT2D eigenvalue weighted by atomic mass is 28.4. The molecule has 2 N–H and O–H groups in total. The second-order valence-electron chi connectivity index (χ2n) is 11.8. The largest absolute Gasteiger partial charge is 0.407 e. The molecule has 0 saturated heterocycles. The molecule has 5 nitrogen and oxygen atoms in total. The van der Waals surface area contributed by atoms with Crippen molar-refractivity contribution >= 4 is 14.1 Å². The average molecular weight is 508 g/mol. The van der Waals surface area contributed by atoms with Crippen molar-refractivity contribution in [3.8, 4) is 0 Å². The Labute approximate surface area is 216 Å². The summed E-state index contributed by atoms with van der Waals surface area (Å²) in [5.74, 6) is -0.0620. The number of benzene rings is 2. The van der Waals surface area contributed by atoms with Crippen molar-refractivity contribution < 1.29 is 19.4 Å². The van der Waals surface area contributed by atoms with Crippen LogP contribution in [0, 0.1) is 0 Å². The Bertz CT molecular complexity index is 1090. The van der Waals surface area contributed by atoms with Gasteiger partial charge >= 0.3 is 0 Å². The standard InChI is InChI=1S/C30H41NO4Si/c1-20-27(33)28(34)25-23(18-13-19-24(25)32)31(20)26(21-14-9-7-10-15-21)29(22-16-11-8-12-17-22)35-36(5,6)30(2,3)4/h7-12,14-17,20,26-29,33-34H,13,18-19H2,1-6H3/t20-,26-,27-,28+,29+/m0/s1. The van der Waals surface area contributed by atoms with Crippen molar-refractivity contribution in [3.05, 3.63) is 83.1 Å². The van der Waals surface area contributed by atoms with Crippen LogP contribution < -0.4 is 0 Å². The zero-order valence-corrected chi connectivity index (χ0v) is 23.4. The zero-order valence-electron chi connectivity index (χ0n) is 22.4. The summed E-state index contributed by atoms with van der Waals surface area (Å²) in [4.78, 5) is 15.2. The molecule has 0 spiro atoms. The Morgan fingerprint density at radius 3 is 2.06 bits per heavy atom. The predicted octanol–water partition coefficient (Wildman–Crippen LogP) is 5.92. The number of aliphatic hydroxyl groups is 2. The van der Waals surface area contributed by atoms with Crippen LogP contribution in [-0.2, 0) is 9.22 Å². The summed E-state index contributed by atoms with van der Waals surface area (Å²) < 4.78 is 7.22. The number of ketones is 1. The van der Waals surface area contributed by atoms with E-state index in [0.717, 1.165) is 23.2 Å². The third-order valence-electron chi connectivity index (χ3n) is 8.38. The molecule has 0 aromatic heterocycles. The second-order valence-corrected chi connectivity index (χ2v) is 16.5. The molecule has 0 amide bonds. The van der Waals surface area contributed by atoms with Gasteiger partial charge in [-0.1, -0.05) is 81.4 Å². The van der Waals surface area contributed by atoms with Gasteiger partial charge in [0.2, 0.25) is 0 Å². The van der Waals surface area contributed by atoms with Crippen molar-refractivity contribution in [2.45, 2.75) is 95.5 Å². The van der Waals surface area contributed by atoms with Gasteiger partial charge in [-0.2, -0.15) is 0 Å². The van der Waals surface area contributed by atoms with Crippen molar-refractivity contribution in [2.75, 3.05) is 0 Å². The first-order valence-electron chi connectivity index (χ1n) is 13.1. The molecular formula is C30H41NO4Si. The molecule has 2 aromatic carbocycles. The molecule has 4 rings (SSSR count). The molecule has 194 valence electrons. The number of nitrogens with zero attached hydrogens (tertiary/aromatic N) is 1. The van der Waals surface area contributed by atoms with E-state index in [4.69, 9.17) is 4.43 Å². The van der Waals surface area contributed by atoms with Crippen LogP contribution in [0.1, 0.15) is 70.2 Å². The smallest absolute Gasteiger partial charge is 0.193 e. The van der Waals surface area contributed by atoms with Crippen molar-refractivity contribution in [1.82, 2.24) is 4.90 Å². The molecule has 5 atom stereocenters. The zero-order chi connectivity index (χ0) is 26.3. The third kappa shape index (κ3) is 4.97. The quantitative estimate of drug-likeness (QED) is 0.475. The Morgan fingerprint density at radius 2 is 1.50 bits per heavy atom. The molecule has 36 heavy (non-hydrogen) atoms. The van der Waals surface area contributed by atoms with Crippen LogP contribution in [0.15, 0.2) is 71.9 Å². The summed E-state index contributed by atoms with van der Waals surface area (Å²) in [6.07, 6.45) is -0.716. The fourth-order valence-corrected chi connectivity index (χ4v) is 6.55. The highest BCUT2D eigenvalue weighted by Crippen LogP contribution is 2.49. The maximum absolute atomic E-state index is 13.0. The van der Waals surface area contributed by atoms with E-state index in [1.54, 1.807) is 0 Å². The fraction of sp³-hybridized carbons (Fsp3) is 0.500. The molecule has 1 aliphatic heterocycles. The van der Waals surface area contributed by atoms with E-state index < -0.39 is 26.6 Å². The van der Waals surface area contributed by atoms with E-state index in [2.05, 4.69) is 63.0 Å². The van der Waals surface area contributed by atoms with Gasteiger partial charge < -0.3 is 19.5 Å². The second kappa shape index (κ2) is 10.2. The third-order valence-corrected chi connectivity index (χ3v) is 12.8. The maximum atomic E-state index is 13.0. The number of rotatable bonds is 6. The molecule has 0 fully saturated rings. The van der Waals surface area contributed by atoms with E-state index in [1.807, 2.05) is 43.3 Å². The number of aliphatic hydroxyl groups excluding tert-OH is 2. The minimum Gasteiger partial charge on any atom is -0.407 e. The van der Waals surface area contributed by atoms with Gasteiger partial charge in [-0.3, -0.25) is 4.79 Å². The predicted molar refractivity (Wildman–Crippen MR) is 146 cm³/mol. The SMILES string of the molecule is C[C@H]1[C@H](O)[C@H](O)C2=C(CCCC2=O)N1[C@@H](c1ccccc1)[C@H](O[Si](C)(C)C(C)(C)C)c1ccccc1. The van der Waals surface area contributed by atoms with Crippen LogP contribution in [0.3, 0.4) is 0 Å². The minimum absolute atomic E-state index is 0.00424. The number of carbonyl (C=O) groups is 1. The van der Waals surface area contributed by atoms with E-state index in [1.165, 1.54) is 0 Å². The number of hydrogen-bond acceptors (Lipinski definition) is 5. The minimum atomic E-state index is -2.24. The summed E-state index contributed by atoms with van der Waals surface area (Å²) >= 11 is 0. The van der Waals surface area contributed by atoms with Crippen molar-refractivity contribution in [1.29, 1.82) is 0 Å². The molecule has 1 heterocycles.